The molecular weight excluding hydrogens is 287 g/mol. The van der Waals surface area contributed by atoms with Gasteiger partial charge in [-0.15, -0.1) is 0 Å². The number of pyridine rings is 1. The number of nitrogens with one attached hydrogen (secondary N) is 1. The summed E-state index contributed by atoms with van der Waals surface area (Å²) in [6.07, 6.45) is -3.19. The van der Waals surface area contributed by atoms with Gasteiger partial charge in [-0.05, 0) is 12.1 Å². The summed E-state index contributed by atoms with van der Waals surface area (Å²) in [7, 11) is 0. The van der Waals surface area contributed by atoms with Crippen molar-refractivity contribution < 1.29 is 22.8 Å². The standard InChI is InChI=1S/C13H12F3N3O2/c14-13(15,16)10-2-1-7(4-17-10)12(21)19-5-8-3-11(20)18-9(8)6-19/h1-2,4,8-9H,3,5-6H2,(H,18,20)/t8-,9+/m0/s1. The highest BCUT2D eigenvalue weighted by Crippen LogP contribution is 2.29. The van der Waals surface area contributed by atoms with Crippen LogP contribution in [0.25, 0.3) is 0 Å². The van der Waals surface area contributed by atoms with Crippen LogP contribution in [0, 0.1) is 5.92 Å². The van der Waals surface area contributed by atoms with Crippen molar-refractivity contribution in [1.82, 2.24) is 15.2 Å². The van der Waals surface area contributed by atoms with Crippen LogP contribution in [0.2, 0.25) is 0 Å². The van der Waals surface area contributed by atoms with E-state index >= 15 is 0 Å². The van der Waals surface area contributed by atoms with Crippen LogP contribution in [0.4, 0.5) is 13.2 Å². The molecule has 1 aromatic rings. The van der Waals surface area contributed by atoms with Crippen molar-refractivity contribution in [2.24, 2.45) is 5.92 Å². The topological polar surface area (TPSA) is 62.3 Å². The summed E-state index contributed by atoms with van der Waals surface area (Å²) in [4.78, 5) is 28.2. The Labute approximate surface area is 118 Å². The fourth-order valence-electron chi connectivity index (χ4n) is 2.78. The number of aromatic nitrogens is 1. The van der Waals surface area contributed by atoms with Crippen molar-refractivity contribution in [3.63, 3.8) is 0 Å². The minimum atomic E-state index is -4.52. The lowest BCUT2D eigenvalue weighted by Crippen LogP contribution is -2.35. The first-order chi connectivity index (χ1) is 9.84. The highest BCUT2D eigenvalue weighted by atomic mass is 19.4. The molecular formula is C13H12F3N3O2. The molecule has 2 fully saturated rings. The Morgan fingerprint density at radius 2 is 2.10 bits per heavy atom. The quantitative estimate of drug-likeness (QED) is 0.843. The Bertz CT molecular complexity index is 569. The molecule has 2 saturated heterocycles. The number of carbonyl (C=O) groups is 2. The smallest absolute Gasteiger partial charge is 0.351 e. The van der Waals surface area contributed by atoms with E-state index in [-0.39, 0.29) is 29.3 Å². The van der Waals surface area contributed by atoms with Crippen LogP contribution in [-0.4, -0.2) is 40.8 Å². The van der Waals surface area contributed by atoms with Gasteiger partial charge in [0.15, 0.2) is 0 Å². The normalized spacial score (nSPS) is 24.9. The van der Waals surface area contributed by atoms with E-state index < -0.39 is 11.9 Å². The van der Waals surface area contributed by atoms with E-state index in [9.17, 15) is 22.8 Å². The maximum atomic E-state index is 12.4. The van der Waals surface area contributed by atoms with Crippen molar-refractivity contribution in [1.29, 1.82) is 0 Å². The second-order valence-corrected chi connectivity index (χ2v) is 5.28. The minimum absolute atomic E-state index is 0.0201. The van der Waals surface area contributed by atoms with Crippen LogP contribution in [-0.2, 0) is 11.0 Å². The largest absolute Gasteiger partial charge is 0.433 e. The van der Waals surface area contributed by atoms with Gasteiger partial charge < -0.3 is 10.2 Å². The number of halogens is 3. The number of nitrogens with zero attached hydrogens (tertiary/aromatic N) is 2. The second-order valence-electron chi connectivity index (χ2n) is 5.28. The van der Waals surface area contributed by atoms with Crippen molar-refractivity contribution in [3.8, 4) is 0 Å². The predicted octanol–water partition coefficient (Wildman–Crippen LogP) is 1.06. The van der Waals surface area contributed by atoms with Gasteiger partial charge in [0, 0.05) is 31.6 Å². The van der Waals surface area contributed by atoms with E-state index in [0.29, 0.717) is 19.5 Å². The zero-order valence-corrected chi connectivity index (χ0v) is 10.9. The van der Waals surface area contributed by atoms with E-state index in [4.69, 9.17) is 0 Å². The second kappa shape index (κ2) is 4.71. The summed E-state index contributed by atoms with van der Waals surface area (Å²) in [5.74, 6) is -0.294. The summed E-state index contributed by atoms with van der Waals surface area (Å²) in [6, 6.07) is 1.88. The SMILES string of the molecule is O=C1C[C@H]2CN(C(=O)c3ccc(C(F)(F)F)nc3)C[C@H]2N1. The predicted molar refractivity (Wildman–Crippen MR) is 65.2 cm³/mol. The molecule has 2 atom stereocenters. The van der Waals surface area contributed by atoms with E-state index in [2.05, 4.69) is 10.3 Å². The number of hydrogen-bond acceptors (Lipinski definition) is 3. The third-order valence-electron chi connectivity index (χ3n) is 3.82. The van der Waals surface area contributed by atoms with Crippen LogP contribution in [0.5, 0.6) is 0 Å². The molecule has 3 rings (SSSR count). The average molecular weight is 299 g/mol. The Morgan fingerprint density at radius 1 is 1.33 bits per heavy atom. The summed E-state index contributed by atoms with van der Waals surface area (Å²) >= 11 is 0. The minimum Gasteiger partial charge on any atom is -0.351 e. The summed E-state index contributed by atoms with van der Waals surface area (Å²) in [5.41, 5.74) is -0.904. The van der Waals surface area contributed by atoms with Gasteiger partial charge in [0.05, 0.1) is 11.6 Å². The molecule has 0 unspecified atom stereocenters. The first kappa shape index (κ1) is 13.8. The summed E-state index contributed by atoms with van der Waals surface area (Å²) < 4.78 is 37.2. The molecule has 0 bridgehead atoms. The van der Waals surface area contributed by atoms with Gasteiger partial charge in [-0.2, -0.15) is 13.2 Å². The van der Waals surface area contributed by atoms with E-state index in [1.807, 2.05) is 0 Å². The molecule has 1 N–H and O–H groups in total. The van der Waals surface area contributed by atoms with Gasteiger partial charge in [-0.1, -0.05) is 0 Å². The molecule has 21 heavy (non-hydrogen) atoms. The van der Waals surface area contributed by atoms with Crippen LogP contribution < -0.4 is 5.32 Å². The van der Waals surface area contributed by atoms with Crippen LogP contribution in [0.1, 0.15) is 22.5 Å². The maximum Gasteiger partial charge on any atom is 0.433 e. The van der Waals surface area contributed by atoms with E-state index in [1.165, 1.54) is 0 Å². The molecule has 0 radical (unpaired) electrons. The van der Waals surface area contributed by atoms with Crippen molar-refractivity contribution in [2.45, 2.75) is 18.6 Å². The molecule has 0 spiro atoms. The number of amides is 2. The molecule has 5 nitrogen and oxygen atoms in total. The summed E-state index contributed by atoms with van der Waals surface area (Å²) in [5, 5.41) is 2.78. The number of hydrogen-bond donors (Lipinski definition) is 1. The molecule has 2 aliphatic rings. The van der Waals surface area contributed by atoms with Gasteiger partial charge >= 0.3 is 6.18 Å². The van der Waals surface area contributed by atoms with Gasteiger partial charge in [0.1, 0.15) is 5.69 Å². The number of likely N-dealkylation sites (tertiary alicyclic amines) is 1. The highest BCUT2D eigenvalue weighted by molar-refractivity contribution is 5.94. The molecule has 8 heteroatoms. The zero-order valence-electron chi connectivity index (χ0n) is 10.9. The number of rotatable bonds is 1. The van der Waals surface area contributed by atoms with E-state index in [1.54, 1.807) is 4.90 Å². The van der Waals surface area contributed by atoms with Crippen molar-refractivity contribution in [3.05, 3.63) is 29.6 Å². The molecule has 0 aliphatic carbocycles. The molecule has 3 heterocycles. The average Bonchev–Trinajstić information content (AvgIpc) is 2.94. The third-order valence-corrected chi connectivity index (χ3v) is 3.82. The zero-order chi connectivity index (χ0) is 15.2. The number of carbonyl (C=O) groups excluding carboxylic acids is 2. The molecule has 0 aromatic carbocycles. The van der Waals surface area contributed by atoms with Gasteiger partial charge in [0.25, 0.3) is 5.91 Å². The summed E-state index contributed by atoms with van der Waals surface area (Å²) in [6.45, 7) is 0.819. The van der Waals surface area contributed by atoms with E-state index in [0.717, 1.165) is 18.3 Å². The fraction of sp³-hybridized carbons (Fsp3) is 0.462. The highest BCUT2D eigenvalue weighted by Gasteiger charge is 2.41. The van der Waals surface area contributed by atoms with Crippen LogP contribution >= 0.6 is 0 Å². The molecule has 2 amide bonds. The van der Waals surface area contributed by atoms with Crippen molar-refractivity contribution >= 4 is 11.8 Å². The van der Waals surface area contributed by atoms with Crippen molar-refractivity contribution in [2.75, 3.05) is 13.1 Å². The molecule has 2 aliphatic heterocycles. The third kappa shape index (κ3) is 2.57. The van der Waals surface area contributed by atoms with Gasteiger partial charge in [-0.25, -0.2) is 0 Å². The Hall–Kier alpha value is -2.12. The lowest BCUT2D eigenvalue weighted by Gasteiger charge is -2.17. The molecule has 112 valence electrons. The Balaban J connectivity index is 1.71. The van der Waals surface area contributed by atoms with Gasteiger partial charge in [0.2, 0.25) is 5.91 Å². The molecule has 1 aromatic heterocycles. The van der Waals surface area contributed by atoms with Gasteiger partial charge in [-0.3, -0.25) is 14.6 Å². The molecule has 0 saturated carbocycles. The Kier molecular flexibility index (Phi) is 3.11. The number of alkyl halides is 3. The lowest BCUT2D eigenvalue weighted by atomic mass is 10.1. The first-order valence-electron chi connectivity index (χ1n) is 6.46. The van der Waals surface area contributed by atoms with Crippen LogP contribution in [0.3, 0.4) is 0 Å². The maximum absolute atomic E-state index is 12.4. The first-order valence-corrected chi connectivity index (χ1v) is 6.46. The monoisotopic (exact) mass is 299 g/mol. The number of fused-ring (bicyclic) bond motifs is 1. The van der Waals surface area contributed by atoms with Crippen LogP contribution in [0.15, 0.2) is 18.3 Å². The Morgan fingerprint density at radius 3 is 2.67 bits per heavy atom. The lowest BCUT2D eigenvalue weighted by molar-refractivity contribution is -0.141. The fourth-order valence-corrected chi connectivity index (χ4v) is 2.78.